The van der Waals surface area contributed by atoms with Gasteiger partial charge in [-0.25, -0.2) is 5.43 Å². The number of nitrogens with one attached hydrogen (secondary N) is 2. The fourth-order valence-electron chi connectivity index (χ4n) is 2.55. The van der Waals surface area contributed by atoms with Crippen LogP contribution in [0.15, 0.2) is 41.5 Å². The van der Waals surface area contributed by atoms with E-state index in [9.17, 15) is 14.9 Å². The van der Waals surface area contributed by atoms with Crippen LogP contribution in [-0.2, 0) is 4.79 Å². The highest BCUT2D eigenvalue weighted by atomic mass is 35.5. The number of aromatic amines is 1. The van der Waals surface area contributed by atoms with Crippen molar-refractivity contribution in [2.75, 3.05) is 6.61 Å². The van der Waals surface area contributed by atoms with Crippen LogP contribution in [0.2, 0.25) is 10.0 Å². The number of aromatic nitrogens is 1. The molecule has 0 spiro atoms. The molecular weight excluding hydrogens is 407 g/mol. The maximum atomic E-state index is 11.9. The minimum Gasteiger partial charge on any atom is -0.482 e. The van der Waals surface area contributed by atoms with Crippen LogP contribution < -0.4 is 10.2 Å². The summed E-state index contributed by atoms with van der Waals surface area (Å²) < 4.78 is 5.32. The number of nitro groups is 1. The van der Waals surface area contributed by atoms with E-state index in [0.717, 1.165) is 11.2 Å². The number of carbonyl (C=O) groups is 1. The van der Waals surface area contributed by atoms with Crippen LogP contribution in [0, 0.1) is 17.0 Å². The predicted octanol–water partition coefficient (Wildman–Crippen LogP) is 4.22. The van der Waals surface area contributed by atoms with Crippen LogP contribution in [0.25, 0.3) is 10.9 Å². The normalized spacial score (nSPS) is 11.1. The molecule has 10 heteroatoms. The number of benzene rings is 2. The van der Waals surface area contributed by atoms with Crippen molar-refractivity contribution in [3.8, 4) is 5.75 Å². The molecular formula is C18H14Cl2N4O4. The largest absolute Gasteiger partial charge is 0.482 e. The van der Waals surface area contributed by atoms with Crippen LogP contribution in [0.3, 0.4) is 0 Å². The molecule has 0 fully saturated rings. The second kappa shape index (κ2) is 8.28. The van der Waals surface area contributed by atoms with Gasteiger partial charge in [-0.1, -0.05) is 23.2 Å². The number of amides is 1. The maximum Gasteiger partial charge on any atom is 0.277 e. The van der Waals surface area contributed by atoms with E-state index in [0.29, 0.717) is 26.7 Å². The molecule has 2 aromatic carbocycles. The number of carbonyl (C=O) groups excluding carboxylic acids is 1. The second-order valence-electron chi connectivity index (χ2n) is 5.81. The Balaban J connectivity index is 1.67. The quantitative estimate of drug-likeness (QED) is 0.353. The number of hydrazone groups is 1. The van der Waals surface area contributed by atoms with Crippen molar-refractivity contribution in [1.29, 1.82) is 0 Å². The third kappa shape index (κ3) is 4.41. The van der Waals surface area contributed by atoms with Crippen LogP contribution in [0.5, 0.6) is 5.75 Å². The number of rotatable bonds is 6. The van der Waals surface area contributed by atoms with Crippen molar-refractivity contribution in [3.05, 3.63) is 67.8 Å². The van der Waals surface area contributed by atoms with Crippen molar-refractivity contribution >= 4 is 51.9 Å². The molecule has 3 aromatic rings. The van der Waals surface area contributed by atoms with Crippen LogP contribution in [0.4, 0.5) is 5.69 Å². The maximum absolute atomic E-state index is 11.9. The van der Waals surface area contributed by atoms with Gasteiger partial charge in [0.2, 0.25) is 0 Å². The molecule has 0 bridgehead atoms. The van der Waals surface area contributed by atoms with E-state index >= 15 is 0 Å². The standard InChI is InChI=1S/C18H14Cl2N4O4/c1-10-14(13-7-12(24(26)27)3-4-16(13)22-10)8-21-23-18(25)9-28-17-5-2-11(19)6-15(17)20/h2-8,22H,9H2,1H3,(H,23,25)/b21-8+. The lowest BCUT2D eigenvalue weighted by atomic mass is 10.1. The van der Waals surface area contributed by atoms with Crippen molar-refractivity contribution in [2.45, 2.75) is 6.92 Å². The number of fused-ring (bicyclic) bond motifs is 1. The van der Waals surface area contributed by atoms with E-state index in [-0.39, 0.29) is 12.3 Å². The van der Waals surface area contributed by atoms with Gasteiger partial charge < -0.3 is 9.72 Å². The lowest BCUT2D eigenvalue weighted by Crippen LogP contribution is -2.24. The minimum absolute atomic E-state index is 0.0292. The summed E-state index contributed by atoms with van der Waals surface area (Å²) in [4.78, 5) is 25.5. The van der Waals surface area contributed by atoms with Gasteiger partial charge in [-0.3, -0.25) is 14.9 Å². The highest BCUT2D eigenvalue weighted by Crippen LogP contribution is 2.27. The van der Waals surface area contributed by atoms with E-state index in [4.69, 9.17) is 27.9 Å². The summed E-state index contributed by atoms with van der Waals surface area (Å²) >= 11 is 11.8. The predicted molar refractivity (Wildman–Crippen MR) is 107 cm³/mol. The van der Waals surface area contributed by atoms with E-state index in [1.165, 1.54) is 24.4 Å². The number of ether oxygens (including phenoxy) is 1. The van der Waals surface area contributed by atoms with E-state index in [2.05, 4.69) is 15.5 Å². The van der Waals surface area contributed by atoms with Crippen molar-refractivity contribution in [1.82, 2.24) is 10.4 Å². The SMILES string of the molecule is Cc1[nH]c2ccc([N+](=O)[O-])cc2c1/C=N/NC(=O)COc1ccc(Cl)cc1Cl. The Bertz CT molecular complexity index is 1090. The summed E-state index contributed by atoms with van der Waals surface area (Å²) in [5.41, 5.74) is 4.44. The lowest BCUT2D eigenvalue weighted by Gasteiger charge is -2.07. The Labute approximate surface area is 169 Å². The zero-order valence-corrected chi connectivity index (χ0v) is 16.0. The number of nitro benzene ring substituents is 1. The van der Waals surface area contributed by atoms with Gasteiger partial charge >= 0.3 is 0 Å². The summed E-state index contributed by atoms with van der Waals surface area (Å²) in [5.74, 6) is -0.171. The zero-order valence-electron chi connectivity index (χ0n) is 14.5. The Hall–Kier alpha value is -3.10. The smallest absolute Gasteiger partial charge is 0.277 e. The first-order valence-corrected chi connectivity index (χ1v) is 8.77. The number of hydrogen-bond acceptors (Lipinski definition) is 5. The summed E-state index contributed by atoms with van der Waals surface area (Å²) in [6, 6.07) is 9.16. The van der Waals surface area contributed by atoms with Gasteiger partial charge in [0, 0.05) is 39.3 Å². The number of hydrogen-bond donors (Lipinski definition) is 2. The average molecular weight is 421 g/mol. The molecule has 1 aromatic heterocycles. The average Bonchev–Trinajstić information content (AvgIpc) is 2.95. The monoisotopic (exact) mass is 420 g/mol. The molecule has 0 saturated carbocycles. The van der Waals surface area contributed by atoms with Crippen molar-refractivity contribution < 1.29 is 14.5 Å². The van der Waals surface area contributed by atoms with Gasteiger partial charge in [0.1, 0.15) is 5.75 Å². The van der Waals surface area contributed by atoms with Crippen LogP contribution >= 0.6 is 23.2 Å². The van der Waals surface area contributed by atoms with Crippen LogP contribution in [-0.4, -0.2) is 28.6 Å². The van der Waals surface area contributed by atoms with Crippen molar-refractivity contribution in [2.24, 2.45) is 5.10 Å². The molecule has 0 aliphatic rings. The second-order valence-corrected chi connectivity index (χ2v) is 6.65. The van der Waals surface area contributed by atoms with Gasteiger partial charge in [0.25, 0.3) is 11.6 Å². The highest BCUT2D eigenvalue weighted by Gasteiger charge is 2.12. The number of halogens is 2. The third-order valence-electron chi connectivity index (χ3n) is 3.87. The number of nitrogens with zero attached hydrogens (tertiary/aromatic N) is 2. The molecule has 0 aliphatic carbocycles. The van der Waals surface area contributed by atoms with Gasteiger partial charge in [0.05, 0.1) is 16.2 Å². The fraction of sp³-hybridized carbons (Fsp3) is 0.111. The molecule has 1 heterocycles. The third-order valence-corrected chi connectivity index (χ3v) is 4.40. The Morgan fingerprint density at radius 1 is 1.32 bits per heavy atom. The first-order chi connectivity index (χ1) is 13.3. The minimum atomic E-state index is -0.495. The Kier molecular flexibility index (Phi) is 5.81. The molecule has 144 valence electrons. The van der Waals surface area contributed by atoms with Crippen LogP contribution in [0.1, 0.15) is 11.3 Å². The zero-order chi connectivity index (χ0) is 20.3. The first kappa shape index (κ1) is 19.7. The molecule has 3 rings (SSSR count). The number of aryl methyl sites for hydroxylation is 1. The topological polar surface area (TPSA) is 110 Å². The van der Waals surface area contributed by atoms with E-state index < -0.39 is 10.8 Å². The molecule has 28 heavy (non-hydrogen) atoms. The van der Waals surface area contributed by atoms with Crippen molar-refractivity contribution in [3.63, 3.8) is 0 Å². The summed E-state index contributed by atoms with van der Waals surface area (Å²) in [6.07, 6.45) is 1.42. The first-order valence-electron chi connectivity index (χ1n) is 8.01. The molecule has 0 aliphatic heterocycles. The van der Waals surface area contributed by atoms with E-state index in [1.54, 1.807) is 25.1 Å². The van der Waals surface area contributed by atoms with Gasteiger partial charge in [-0.15, -0.1) is 0 Å². The fourth-order valence-corrected chi connectivity index (χ4v) is 3.02. The number of H-pyrrole nitrogens is 1. The molecule has 8 nitrogen and oxygen atoms in total. The molecule has 0 radical (unpaired) electrons. The summed E-state index contributed by atoms with van der Waals surface area (Å²) in [6.45, 7) is 1.51. The molecule has 0 unspecified atom stereocenters. The lowest BCUT2D eigenvalue weighted by molar-refractivity contribution is -0.384. The molecule has 1 amide bonds. The highest BCUT2D eigenvalue weighted by molar-refractivity contribution is 6.35. The van der Waals surface area contributed by atoms with Gasteiger partial charge in [0.15, 0.2) is 6.61 Å². The Morgan fingerprint density at radius 2 is 2.11 bits per heavy atom. The molecule has 2 N–H and O–H groups in total. The summed E-state index contributed by atoms with van der Waals surface area (Å²) in [7, 11) is 0. The van der Waals surface area contributed by atoms with E-state index in [1.807, 2.05) is 0 Å². The summed E-state index contributed by atoms with van der Waals surface area (Å²) in [5, 5.41) is 16.3. The van der Waals surface area contributed by atoms with Gasteiger partial charge in [-0.2, -0.15) is 5.10 Å². The van der Waals surface area contributed by atoms with Gasteiger partial charge in [-0.05, 0) is 31.2 Å². The Morgan fingerprint density at radius 3 is 2.82 bits per heavy atom. The molecule has 0 atom stereocenters. The molecule has 0 saturated heterocycles. The number of non-ortho nitro benzene ring substituents is 1.